The van der Waals surface area contributed by atoms with Crippen LogP contribution in [0.2, 0.25) is 0 Å². The Kier molecular flexibility index (Phi) is 5.72. The van der Waals surface area contributed by atoms with Gasteiger partial charge in [0.2, 0.25) is 0 Å². The average molecular weight is 459 g/mol. The lowest BCUT2D eigenvalue weighted by Gasteiger charge is -2.44. The van der Waals surface area contributed by atoms with Crippen LogP contribution in [0.4, 0.5) is 0 Å². The molecule has 2 fully saturated rings. The number of piperidine rings is 1. The first kappa shape index (κ1) is 20.1. The number of hydrogen-bond donors (Lipinski definition) is 1. The zero-order chi connectivity index (χ0) is 20.4. The number of likely N-dealkylation sites (tertiary alicyclic amines) is 1. The van der Waals surface area contributed by atoms with Gasteiger partial charge in [-0.1, -0.05) is 46.3 Å². The van der Waals surface area contributed by atoms with Crippen LogP contribution in [0.25, 0.3) is 0 Å². The zero-order valence-corrected chi connectivity index (χ0v) is 17.5. The molecule has 0 radical (unpaired) electrons. The molecule has 2 aliphatic heterocycles. The second-order valence-corrected chi connectivity index (χ2v) is 8.47. The highest BCUT2D eigenvalue weighted by Crippen LogP contribution is 2.38. The van der Waals surface area contributed by atoms with E-state index in [1.54, 1.807) is 24.3 Å². The third-order valence-electron chi connectivity index (χ3n) is 5.74. The number of ether oxygens (including phenoxy) is 1. The van der Waals surface area contributed by atoms with Crippen LogP contribution in [0, 0.1) is 0 Å². The molecule has 2 aliphatic rings. The second kappa shape index (κ2) is 8.26. The molecule has 2 heterocycles. The van der Waals surface area contributed by atoms with Crippen molar-refractivity contribution in [1.29, 1.82) is 0 Å². The summed E-state index contributed by atoms with van der Waals surface area (Å²) in [6.07, 6.45) is 1.18. The lowest BCUT2D eigenvalue weighted by molar-refractivity contribution is -0.144. The lowest BCUT2D eigenvalue weighted by atomic mass is 9.96. The molecule has 29 heavy (non-hydrogen) atoms. The molecule has 7 heteroatoms. The van der Waals surface area contributed by atoms with Crippen molar-refractivity contribution in [1.82, 2.24) is 9.80 Å². The molecule has 1 atom stereocenters. The van der Waals surface area contributed by atoms with Gasteiger partial charge in [-0.25, -0.2) is 4.79 Å². The number of hydrogen-bond acceptors (Lipinski definition) is 4. The molecule has 0 aromatic heterocycles. The van der Waals surface area contributed by atoms with E-state index in [0.29, 0.717) is 18.4 Å². The summed E-state index contributed by atoms with van der Waals surface area (Å²) in [5.41, 5.74) is 0.846. The van der Waals surface area contributed by atoms with E-state index in [0.717, 1.165) is 24.1 Å². The monoisotopic (exact) mass is 458 g/mol. The Morgan fingerprint density at radius 2 is 1.72 bits per heavy atom. The third kappa shape index (κ3) is 4.08. The minimum absolute atomic E-state index is 0.0241. The number of rotatable bonds is 4. The van der Waals surface area contributed by atoms with Crippen LogP contribution in [0.1, 0.15) is 28.8 Å². The van der Waals surface area contributed by atoms with E-state index in [1.165, 1.54) is 10.5 Å². The van der Waals surface area contributed by atoms with Crippen molar-refractivity contribution in [2.75, 3.05) is 19.7 Å². The second-order valence-electron chi connectivity index (χ2n) is 7.56. The number of carbonyl (C=O) groups excluding carboxylic acids is 1. The minimum atomic E-state index is -1.03. The molecule has 2 saturated heterocycles. The molecule has 1 N–H and O–H groups in total. The summed E-state index contributed by atoms with van der Waals surface area (Å²) in [6, 6.07) is 16.3. The van der Waals surface area contributed by atoms with Gasteiger partial charge < -0.3 is 9.84 Å². The van der Waals surface area contributed by atoms with Crippen molar-refractivity contribution < 1.29 is 19.4 Å². The van der Waals surface area contributed by atoms with Crippen LogP contribution in [0.5, 0.6) is 0 Å². The third-order valence-corrected chi connectivity index (χ3v) is 6.27. The summed E-state index contributed by atoms with van der Waals surface area (Å²) < 4.78 is 6.89. The van der Waals surface area contributed by atoms with Gasteiger partial charge in [-0.2, -0.15) is 0 Å². The standard InChI is InChI=1S/C22H23BrN2O4/c23-18-8-6-17(7-9-18)20(26)25-19(21(27)28)15-29-22(25)10-12-24(13-11-22)14-16-4-2-1-3-5-16/h1-9,19H,10-15H2,(H,27,28). The summed E-state index contributed by atoms with van der Waals surface area (Å²) in [5, 5.41) is 9.69. The molecule has 0 aliphatic carbocycles. The molecule has 0 bridgehead atoms. The predicted molar refractivity (Wildman–Crippen MR) is 111 cm³/mol. The van der Waals surface area contributed by atoms with Crippen LogP contribution in [-0.2, 0) is 16.1 Å². The van der Waals surface area contributed by atoms with Gasteiger partial charge in [-0.05, 0) is 29.8 Å². The number of benzene rings is 2. The molecule has 152 valence electrons. The Hall–Kier alpha value is -2.22. The Bertz CT molecular complexity index is 879. The highest BCUT2D eigenvalue weighted by Gasteiger charge is 2.54. The van der Waals surface area contributed by atoms with E-state index in [2.05, 4.69) is 33.0 Å². The summed E-state index contributed by atoms with van der Waals surface area (Å²) in [4.78, 5) is 28.9. The maximum Gasteiger partial charge on any atom is 0.328 e. The van der Waals surface area contributed by atoms with Crippen molar-refractivity contribution in [3.63, 3.8) is 0 Å². The zero-order valence-electron chi connectivity index (χ0n) is 16.0. The van der Waals surface area contributed by atoms with E-state index in [1.807, 2.05) is 18.2 Å². The van der Waals surface area contributed by atoms with Crippen molar-refractivity contribution >= 4 is 27.8 Å². The van der Waals surface area contributed by atoms with Gasteiger partial charge in [0, 0.05) is 42.5 Å². The first-order chi connectivity index (χ1) is 14.0. The summed E-state index contributed by atoms with van der Waals surface area (Å²) in [6.45, 7) is 2.34. The molecule has 1 spiro atoms. The quantitative estimate of drug-likeness (QED) is 0.760. The smallest absolute Gasteiger partial charge is 0.328 e. The molecule has 2 aromatic rings. The first-order valence-electron chi connectivity index (χ1n) is 9.71. The van der Waals surface area contributed by atoms with E-state index in [4.69, 9.17) is 4.74 Å². The predicted octanol–water partition coefficient (Wildman–Crippen LogP) is 3.37. The molecular formula is C22H23BrN2O4. The van der Waals surface area contributed by atoms with Gasteiger partial charge >= 0.3 is 5.97 Å². The molecule has 0 saturated carbocycles. The van der Waals surface area contributed by atoms with Gasteiger partial charge in [-0.3, -0.25) is 14.6 Å². The van der Waals surface area contributed by atoms with Gasteiger partial charge in [0.15, 0.2) is 6.04 Å². The van der Waals surface area contributed by atoms with E-state index in [9.17, 15) is 14.7 Å². The first-order valence-corrected chi connectivity index (χ1v) is 10.5. The van der Waals surface area contributed by atoms with E-state index in [-0.39, 0.29) is 12.5 Å². The number of nitrogens with zero attached hydrogens (tertiary/aromatic N) is 2. The lowest BCUT2D eigenvalue weighted by Crippen LogP contribution is -2.58. The molecule has 1 amide bonds. The Balaban J connectivity index is 1.53. The number of amides is 1. The van der Waals surface area contributed by atoms with Gasteiger partial charge in [0.05, 0.1) is 6.61 Å². The maximum atomic E-state index is 13.3. The number of aliphatic carboxylic acids is 1. The molecule has 6 nitrogen and oxygen atoms in total. The topological polar surface area (TPSA) is 70.1 Å². The SMILES string of the molecule is O=C(O)C1COC2(CCN(Cc3ccccc3)CC2)N1C(=O)c1ccc(Br)cc1. The highest BCUT2D eigenvalue weighted by atomic mass is 79.9. The summed E-state index contributed by atoms with van der Waals surface area (Å²) in [5.74, 6) is -1.32. The summed E-state index contributed by atoms with van der Waals surface area (Å²) >= 11 is 3.37. The van der Waals surface area contributed by atoms with Crippen LogP contribution in [0.15, 0.2) is 59.1 Å². The molecular weight excluding hydrogens is 436 g/mol. The molecule has 4 rings (SSSR count). The van der Waals surface area contributed by atoms with Crippen LogP contribution in [0.3, 0.4) is 0 Å². The largest absolute Gasteiger partial charge is 0.480 e. The molecule has 1 unspecified atom stereocenters. The maximum absolute atomic E-state index is 13.3. The van der Waals surface area contributed by atoms with Crippen LogP contribution in [-0.4, -0.2) is 58.2 Å². The number of carboxylic acids is 1. The fourth-order valence-corrected chi connectivity index (χ4v) is 4.45. The van der Waals surface area contributed by atoms with Gasteiger partial charge in [-0.15, -0.1) is 0 Å². The average Bonchev–Trinajstić information content (AvgIpc) is 3.10. The highest BCUT2D eigenvalue weighted by molar-refractivity contribution is 9.10. The van der Waals surface area contributed by atoms with Crippen molar-refractivity contribution in [2.24, 2.45) is 0 Å². The normalized spacial score (nSPS) is 21.4. The Labute approximate surface area is 178 Å². The van der Waals surface area contributed by atoms with E-state index >= 15 is 0 Å². The fourth-order valence-electron chi connectivity index (χ4n) is 4.19. The van der Waals surface area contributed by atoms with Crippen molar-refractivity contribution in [3.8, 4) is 0 Å². The fraction of sp³-hybridized carbons (Fsp3) is 0.364. The summed E-state index contributed by atoms with van der Waals surface area (Å²) in [7, 11) is 0. The van der Waals surface area contributed by atoms with Gasteiger partial charge in [0.25, 0.3) is 5.91 Å². The Morgan fingerprint density at radius 3 is 2.34 bits per heavy atom. The molecule has 2 aromatic carbocycles. The van der Waals surface area contributed by atoms with Crippen molar-refractivity contribution in [2.45, 2.75) is 31.2 Å². The number of halogens is 1. The number of carbonyl (C=O) groups is 2. The van der Waals surface area contributed by atoms with Crippen LogP contribution < -0.4 is 0 Å². The number of carboxylic acid groups (broad SMARTS) is 1. The Morgan fingerprint density at radius 1 is 1.07 bits per heavy atom. The minimum Gasteiger partial charge on any atom is -0.480 e. The van der Waals surface area contributed by atoms with Crippen molar-refractivity contribution in [3.05, 3.63) is 70.2 Å². The van der Waals surface area contributed by atoms with Gasteiger partial charge in [0.1, 0.15) is 5.72 Å². The van der Waals surface area contributed by atoms with E-state index < -0.39 is 17.7 Å². The van der Waals surface area contributed by atoms with Crippen LogP contribution >= 0.6 is 15.9 Å².